The molecule has 1 spiro atoms. The zero-order valence-electron chi connectivity index (χ0n) is 17.6. The van der Waals surface area contributed by atoms with Gasteiger partial charge in [0.2, 0.25) is 0 Å². The predicted molar refractivity (Wildman–Crippen MR) is 111 cm³/mol. The molecule has 0 radical (unpaired) electrons. The van der Waals surface area contributed by atoms with Crippen LogP contribution in [-0.2, 0) is 11.8 Å². The quantitative estimate of drug-likeness (QED) is 0.775. The van der Waals surface area contributed by atoms with Gasteiger partial charge >= 0.3 is 0 Å². The van der Waals surface area contributed by atoms with Crippen molar-refractivity contribution in [3.63, 3.8) is 0 Å². The van der Waals surface area contributed by atoms with E-state index in [4.69, 9.17) is 4.74 Å². The van der Waals surface area contributed by atoms with Gasteiger partial charge in [-0.15, -0.1) is 10.2 Å². The number of hydrogen-bond donors (Lipinski definition) is 0. The van der Waals surface area contributed by atoms with Crippen LogP contribution in [0.3, 0.4) is 0 Å². The zero-order valence-corrected chi connectivity index (χ0v) is 17.6. The minimum atomic E-state index is 0.0672. The van der Waals surface area contributed by atoms with Crippen LogP contribution in [0.1, 0.15) is 38.4 Å². The number of rotatable bonds is 5. The second-order valence-electron chi connectivity index (χ2n) is 8.72. The van der Waals surface area contributed by atoms with E-state index in [1.165, 1.54) is 0 Å². The molecule has 2 aliphatic rings. The molecule has 156 valence electrons. The van der Waals surface area contributed by atoms with E-state index < -0.39 is 0 Å². The van der Waals surface area contributed by atoms with Crippen LogP contribution in [0.5, 0.6) is 5.75 Å². The molecular weight excluding hydrogens is 366 g/mol. The SMILES string of the molecule is CC(C)N1CC(c2nncn2C)C2(CCN(C(=O)COc3ccccc3)CC2)C1. The van der Waals surface area contributed by atoms with Crippen LogP contribution >= 0.6 is 0 Å². The molecule has 2 saturated heterocycles. The number of ether oxygens (including phenoxy) is 1. The summed E-state index contributed by atoms with van der Waals surface area (Å²) in [6.07, 6.45) is 3.77. The average molecular weight is 398 g/mol. The summed E-state index contributed by atoms with van der Waals surface area (Å²) in [4.78, 5) is 17.2. The first-order valence-corrected chi connectivity index (χ1v) is 10.5. The molecule has 2 fully saturated rings. The van der Waals surface area contributed by atoms with Crippen LogP contribution in [0.25, 0.3) is 0 Å². The third kappa shape index (κ3) is 4.01. The largest absolute Gasteiger partial charge is 0.484 e. The highest BCUT2D eigenvalue weighted by Crippen LogP contribution is 2.49. The van der Waals surface area contributed by atoms with Crippen LogP contribution in [0.15, 0.2) is 36.7 Å². The Labute approximate surface area is 172 Å². The predicted octanol–water partition coefficient (Wildman–Crippen LogP) is 2.31. The van der Waals surface area contributed by atoms with Crippen molar-refractivity contribution >= 4 is 5.91 Å². The number of amides is 1. The first-order valence-electron chi connectivity index (χ1n) is 10.5. The lowest BCUT2D eigenvalue weighted by atomic mass is 9.70. The molecule has 0 N–H and O–H groups in total. The van der Waals surface area contributed by atoms with E-state index in [0.717, 1.165) is 50.6 Å². The summed E-state index contributed by atoms with van der Waals surface area (Å²) in [6, 6.07) is 10.0. The highest BCUT2D eigenvalue weighted by Gasteiger charge is 2.51. The van der Waals surface area contributed by atoms with Gasteiger partial charge in [-0.05, 0) is 44.2 Å². The van der Waals surface area contributed by atoms with Crippen molar-refractivity contribution in [3.05, 3.63) is 42.5 Å². The maximum Gasteiger partial charge on any atom is 0.260 e. The van der Waals surface area contributed by atoms with Gasteiger partial charge in [-0.2, -0.15) is 0 Å². The summed E-state index contributed by atoms with van der Waals surface area (Å²) >= 11 is 0. The van der Waals surface area contributed by atoms with Crippen LogP contribution in [0, 0.1) is 5.41 Å². The second kappa shape index (κ2) is 8.14. The van der Waals surface area contributed by atoms with Crippen LogP contribution < -0.4 is 4.74 Å². The molecule has 0 aliphatic carbocycles. The minimum Gasteiger partial charge on any atom is -0.484 e. The lowest BCUT2D eigenvalue weighted by Gasteiger charge is -2.42. The van der Waals surface area contributed by atoms with E-state index in [0.29, 0.717) is 12.0 Å². The van der Waals surface area contributed by atoms with Gasteiger partial charge in [0.1, 0.15) is 17.9 Å². The molecule has 2 aromatic rings. The number of nitrogens with zero attached hydrogens (tertiary/aromatic N) is 5. The molecule has 4 rings (SSSR count). The third-order valence-electron chi connectivity index (χ3n) is 6.68. The summed E-state index contributed by atoms with van der Waals surface area (Å²) in [5, 5.41) is 8.57. The number of aryl methyl sites for hydroxylation is 1. The number of carbonyl (C=O) groups is 1. The fourth-order valence-corrected chi connectivity index (χ4v) is 4.83. The van der Waals surface area contributed by atoms with Crippen LogP contribution in [0.4, 0.5) is 0 Å². The molecule has 1 amide bonds. The molecule has 2 aliphatic heterocycles. The first-order chi connectivity index (χ1) is 14.0. The van der Waals surface area contributed by atoms with E-state index >= 15 is 0 Å². The lowest BCUT2D eigenvalue weighted by Crippen LogP contribution is -2.47. The number of para-hydroxylation sites is 1. The molecule has 3 heterocycles. The van der Waals surface area contributed by atoms with Gasteiger partial charge < -0.3 is 14.2 Å². The van der Waals surface area contributed by atoms with Gasteiger partial charge in [0.05, 0.1) is 0 Å². The van der Waals surface area contributed by atoms with Crippen molar-refractivity contribution in [2.75, 3.05) is 32.8 Å². The number of aromatic nitrogens is 3. The van der Waals surface area contributed by atoms with E-state index in [2.05, 4.69) is 33.5 Å². The van der Waals surface area contributed by atoms with Crippen molar-refractivity contribution in [3.8, 4) is 5.75 Å². The monoisotopic (exact) mass is 397 g/mol. The molecule has 7 heteroatoms. The number of carbonyl (C=O) groups excluding carboxylic acids is 1. The normalized spacial score (nSPS) is 21.8. The fraction of sp³-hybridized carbons (Fsp3) is 0.591. The summed E-state index contributed by atoms with van der Waals surface area (Å²) in [5.41, 5.74) is 0.155. The molecule has 0 saturated carbocycles. The average Bonchev–Trinajstić information content (AvgIpc) is 3.31. The van der Waals surface area contributed by atoms with Crippen LogP contribution in [0.2, 0.25) is 0 Å². The van der Waals surface area contributed by atoms with Crippen LogP contribution in [-0.4, -0.2) is 69.3 Å². The minimum absolute atomic E-state index is 0.0672. The summed E-state index contributed by atoms with van der Waals surface area (Å²) in [5.74, 6) is 2.23. The topological polar surface area (TPSA) is 63.5 Å². The Bertz CT molecular complexity index is 827. The zero-order chi connectivity index (χ0) is 20.4. The van der Waals surface area contributed by atoms with E-state index in [9.17, 15) is 4.79 Å². The Morgan fingerprint density at radius 2 is 1.97 bits per heavy atom. The third-order valence-corrected chi connectivity index (χ3v) is 6.68. The molecule has 1 atom stereocenters. The van der Waals surface area contributed by atoms with Gasteiger partial charge in [-0.1, -0.05) is 18.2 Å². The van der Waals surface area contributed by atoms with Crippen molar-refractivity contribution in [1.29, 1.82) is 0 Å². The highest BCUT2D eigenvalue weighted by atomic mass is 16.5. The Morgan fingerprint density at radius 3 is 2.59 bits per heavy atom. The summed E-state index contributed by atoms with van der Waals surface area (Å²) in [7, 11) is 2.03. The summed E-state index contributed by atoms with van der Waals surface area (Å²) in [6.45, 7) is 8.23. The molecule has 29 heavy (non-hydrogen) atoms. The second-order valence-corrected chi connectivity index (χ2v) is 8.72. The van der Waals surface area contributed by atoms with E-state index in [-0.39, 0.29) is 17.9 Å². The number of likely N-dealkylation sites (tertiary alicyclic amines) is 2. The van der Waals surface area contributed by atoms with Gasteiger partial charge in [0, 0.05) is 45.2 Å². The Hall–Kier alpha value is -2.41. The molecule has 1 aromatic heterocycles. The van der Waals surface area contributed by atoms with Gasteiger partial charge in [0.25, 0.3) is 5.91 Å². The van der Waals surface area contributed by atoms with E-state index in [1.807, 2.05) is 42.3 Å². The maximum atomic E-state index is 12.7. The van der Waals surface area contributed by atoms with Gasteiger partial charge in [-0.3, -0.25) is 9.69 Å². The van der Waals surface area contributed by atoms with Gasteiger partial charge in [-0.25, -0.2) is 0 Å². The molecule has 1 aromatic carbocycles. The first kappa shape index (κ1) is 19.9. The smallest absolute Gasteiger partial charge is 0.260 e. The number of hydrogen-bond acceptors (Lipinski definition) is 5. The van der Waals surface area contributed by atoms with Crippen molar-refractivity contribution < 1.29 is 9.53 Å². The standard InChI is InChI=1S/C22H31N5O2/c1-17(2)27-13-19(21-24-23-16-25(21)3)22(15-27)9-11-26(12-10-22)20(28)14-29-18-7-5-4-6-8-18/h4-8,16-17,19H,9-15H2,1-3H3. The molecule has 0 bridgehead atoms. The molecule has 7 nitrogen and oxygen atoms in total. The number of benzene rings is 1. The Balaban J connectivity index is 1.42. The number of piperidine rings is 1. The Kier molecular flexibility index (Phi) is 5.58. The van der Waals surface area contributed by atoms with Crippen molar-refractivity contribution in [2.45, 2.75) is 38.6 Å². The highest BCUT2D eigenvalue weighted by molar-refractivity contribution is 5.77. The maximum absolute atomic E-state index is 12.7. The van der Waals surface area contributed by atoms with Crippen molar-refractivity contribution in [1.82, 2.24) is 24.6 Å². The Morgan fingerprint density at radius 1 is 1.24 bits per heavy atom. The van der Waals surface area contributed by atoms with E-state index in [1.54, 1.807) is 6.33 Å². The summed E-state index contributed by atoms with van der Waals surface area (Å²) < 4.78 is 7.72. The molecular formula is C22H31N5O2. The lowest BCUT2D eigenvalue weighted by molar-refractivity contribution is -0.135. The molecule has 1 unspecified atom stereocenters. The van der Waals surface area contributed by atoms with Gasteiger partial charge in [0.15, 0.2) is 6.61 Å². The van der Waals surface area contributed by atoms with Crippen molar-refractivity contribution in [2.24, 2.45) is 12.5 Å². The fourth-order valence-electron chi connectivity index (χ4n) is 4.83.